The second-order valence-corrected chi connectivity index (χ2v) is 4.73. The molecule has 0 aromatic carbocycles. The monoisotopic (exact) mass is 221 g/mol. The average molecular weight is 222 g/mol. The van der Waals surface area contributed by atoms with Gasteiger partial charge in [-0.1, -0.05) is 42.5 Å². The van der Waals surface area contributed by atoms with Gasteiger partial charge in [-0.3, -0.25) is 0 Å². The SMILES string of the molecule is CC1(NCC(Cl)=CCl)CCCCC1. The van der Waals surface area contributed by atoms with Crippen LogP contribution in [0.15, 0.2) is 10.6 Å². The van der Waals surface area contributed by atoms with Gasteiger partial charge in [0.15, 0.2) is 0 Å². The van der Waals surface area contributed by atoms with E-state index in [4.69, 9.17) is 23.2 Å². The minimum atomic E-state index is 0.276. The Labute approximate surface area is 90.5 Å². The summed E-state index contributed by atoms with van der Waals surface area (Å²) in [5.74, 6) is 0. The van der Waals surface area contributed by atoms with Crippen molar-refractivity contribution in [2.24, 2.45) is 0 Å². The lowest BCUT2D eigenvalue weighted by Crippen LogP contribution is -2.44. The van der Waals surface area contributed by atoms with Gasteiger partial charge < -0.3 is 5.32 Å². The summed E-state index contributed by atoms with van der Waals surface area (Å²) in [6.45, 7) is 2.96. The van der Waals surface area contributed by atoms with Crippen molar-refractivity contribution in [3.8, 4) is 0 Å². The van der Waals surface area contributed by atoms with Gasteiger partial charge >= 0.3 is 0 Å². The Morgan fingerprint density at radius 3 is 2.54 bits per heavy atom. The van der Waals surface area contributed by atoms with Crippen LogP contribution >= 0.6 is 23.2 Å². The van der Waals surface area contributed by atoms with Gasteiger partial charge in [-0.25, -0.2) is 0 Å². The molecular formula is C10H17Cl2N. The third kappa shape index (κ3) is 3.88. The average Bonchev–Trinajstić information content (AvgIpc) is 2.15. The molecule has 3 heteroatoms. The maximum atomic E-state index is 5.81. The first-order valence-corrected chi connectivity index (χ1v) is 5.67. The van der Waals surface area contributed by atoms with Crippen LogP contribution in [0.25, 0.3) is 0 Å². The van der Waals surface area contributed by atoms with Crippen molar-refractivity contribution in [2.75, 3.05) is 6.54 Å². The van der Waals surface area contributed by atoms with E-state index in [0.717, 1.165) is 0 Å². The molecule has 13 heavy (non-hydrogen) atoms. The predicted octanol–water partition coefficient (Wildman–Crippen LogP) is 3.62. The molecule has 1 aliphatic carbocycles. The van der Waals surface area contributed by atoms with Crippen molar-refractivity contribution < 1.29 is 0 Å². The van der Waals surface area contributed by atoms with Crippen LogP contribution in [0.1, 0.15) is 39.0 Å². The Balaban J connectivity index is 2.33. The zero-order chi connectivity index (χ0) is 9.73. The third-order valence-corrected chi connectivity index (χ3v) is 3.38. The van der Waals surface area contributed by atoms with Crippen LogP contribution < -0.4 is 5.32 Å². The van der Waals surface area contributed by atoms with Gasteiger partial charge in [-0.05, 0) is 19.8 Å². The van der Waals surface area contributed by atoms with Crippen LogP contribution in [0.5, 0.6) is 0 Å². The van der Waals surface area contributed by atoms with E-state index in [1.54, 1.807) is 0 Å². The molecule has 0 aromatic heterocycles. The third-order valence-electron chi connectivity index (χ3n) is 2.76. The maximum absolute atomic E-state index is 5.81. The zero-order valence-electron chi connectivity index (χ0n) is 8.08. The predicted molar refractivity (Wildman–Crippen MR) is 59.3 cm³/mol. The fraction of sp³-hybridized carbons (Fsp3) is 0.800. The quantitative estimate of drug-likeness (QED) is 0.768. The molecule has 1 aliphatic rings. The first kappa shape index (κ1) is 11.4. The fourth-order valence-electron chi connectivity index (χ4n) is 1.85. The van der Waals surface area contributed by atoms with Crippen LogP contribution in [0.2, 0.25) is 0 Å². The van der Waals surface area contributed by atoms with Crippen LogP contribution in [-0.2, 0) is 0 Å². The van der Waals surface area contributed by atoms with Crippen molar-refractivity contribution >= 4 is 23.2 Å². The molecule has 1 N–H and O–H groups in total. The highest BCUT2D eigenvalue weighted by Gasteiger charge is 2.25. The van der Waals surface area contributed by atoms with Crippen molar-refractivity contribution in [1.29, 1.82) is 0 Å². The molecule has 1 rings (SSSR count). The minimum Gasteiger partial charge on any atom is -0.307 e. The van der Waals surface area contributed by atoms with Crippen molar-refractivity contribution in [3.05, 3.63) is 10.6 Å². The fourth-order valence-corrected chi connectivity index (χ4v) is 1.99. The summed E-state index contributed by atoms with van der Waals surface area (Å²) in [5.41, 5.74) is 1.71. The van der Waals surface area contributed by atoms with E-state index in [0.29, 0.717) is 11.6 Å². The summed E-state index contributed by atoms with van der Waals surface area (Å²) in [7, 11) is 0. The summed E-state index contributed by atoms with van der Waals surface area (Å²) < 4.78 is 0. The molecular weight excluding hydrogens is 205 g/mol. The Hall–Kier alpha value is 0.280. The maximum Gasteiger partial charge on any atom is 0.0432 e. The Morgan fingerprint density at radius 2 is 2.00 bits per heavy atom. The van der Waals surface area contributed by atoms with Crippen LogP contribution in [-0.4, -0.2) is 12.1 Å². The minimum absolute atomic E-state index is 0.276. The number of nitrogens with one attached hydrogen (secondary N) is 1. The summed E-state index contributed by atoms with van der Waals surface area (Å²) in [6, 6.07) is 0. The topological polar surface area (TPSA) is 12.0 Å². The molecule has 1 saturated carbocycles. The highest BCUT2D eigenvalue weighted by Crippen LogP contribution is 2.27. The Kier molecular flexibility index (Phi) is 4.57. The van der Waals surface area contributed by atoms with Crippen LogP contribution in [0, 0.1) is 0 Å². The molecule has 0 bridgehead atoms. The van der Waals surface area contributed by atoms with Gasteiger partial charge in [0.2, 0.25) is 0 Å². The standard InChI is InChI=1S/C10H17Cl2N/c1-10(5-3-2-4-6-10)13-8-9(12)7-11/h7,13H,2-6,8H2,1H3. The summed E-state index contributed by atoms with van der Waals surface area (Å²) in [4.78, 5) is 0. The van der Waals surface area contributed by atoms with Gasteiger partial charge in [-0.2, -0.15) is 0 Å². The molecule has 0 saturated heterocycles. The number of hydrogen-bond donors (Lipinski definition) is 1. The van der Waals surface area contributed by atoms with E-state index >= 15 is 0 Å². The molecule has 76 valence electrons. The van der Waals surface area contributed by atoms with Gasteiger partial charge in [0.25, 0.3) is 0 Å². The van der Waals surface area contributed by atoms with Gasteiger partial charge in [0.1, 0.15) is 0 Å². The second kappa shape index (κ2) is 5.23. The summed E-state index contributed by atoms with van der Waals surface area (Å²) in [5, 5.41) is 4.15. The van der Waals surface area contributed by atoms with E-state index in [9.17, 15) is 0 Å². The Bertz CT molecular complexity index is 183. The van der Waals surface area contributed by atoms with Crippen molar-refractivity contribution in [1.82, 2.24) is 5.32 Å². The lowest BCUT2D eigenvalue weighted by Gasteiger charge is -2.34. The highest BCUT2D eigenvalue weighted by molar-refractivity contribution is 6.36. The van der Waals surface area contributed by atoms with Crippen LogP contribution in [0.3, 0.4) is 0 Å². The molecule has 0 heterocycles. The highest BCUT2D eigenvalue weighted by atomic mass is 35.5. The van der Waals surface area contributed by atoms with E-state index in [1.165, 1.54) is 37.6 Å². The first-order chi connectivity index (χ1) is 6.16. The molecule has 1 fully saturated rings. The van der Waals surface area contributed by atoms with Crippen molar-refractivity contribution in [3.63, 3.8) is 0 Å². The zero-order valence-corrected chi connectivity index (χ0v) is 9.59. The normalized spacial score (nSPS) is 23.2. The van der Waals surface area contributed by atoms with E-state index in [2.05, 4.69) is 12.2 Å². The molecule has 1 nitrogen and oxygen atoms in total. The summed E-state index contributed by atoms with van der Waals surface area (Å²) >= 11 is 11.3. The van der Waals surface area contributed by atoms with Gasteiger partial charge in [0, 0.05) is 22.7 Å². The number of halogens is 2. The first-order valence-electron chi connectivity index (χ1n) is 4.86. The molecule has 0 atom stereocenters. The van der Waals surface area contributed by atoms with Gasteiger partial charge in [0.05, 0.1) is 0 Å². The molecule has 0 amide bonds. The molecule has 0 unspecified atom stereocenters. The molecule has 0 spiro atoms. The van der Waals surface area contributed by atoms with E-state index < -0.39 is 0 Å². The van der Waals surface area contributed by atoms with E-state index in [-0.39, 0.29) is 5.54 Å². The van der Waals surface area contributed by atoms with E-state index in [1.807, 2.05) is 0 Å². The lowest BCUT2D eigenvalue weighted by atomic mass is 9.83. The molecule has 0 aliphatic heterocycles. The van der Waals surface area contributed by atoms with Crippen LogP contribution in [0.4, 0.5) is 0 Å². The largest absolute Gasteiger partial charge is 0.307 e. The Morgan fingerprint density at radius 1 is 1.38 bits per heavy atom. The number of rotatable bonds is 3. The lowest BCUT2D eigenvalue weighted by molar-refractivity contribution is 0.263. The van der Waals surface area contributed by atoms with Gasteiger partial charge in [-0.15, -0.1) is 0 Å². The van der Waals surface area contributed by atoms with Crippen molar-refractivity contribution in [2.45, 2.75) is 44.6 Å². The second-order valence-electron chi connectivity index (χ2n) is 4.03. The summed E-state index contributed by atoms with van der Waals surface area (Å²) in [6.07, 6.45) is 6.52. The number of hydrogen-bond acceptors (Lipinski definition) is 1. The molecule has 0 aromatic rings. The smallest absolute Gasteiger partial charge is 0.0432 e. The molecule has 0 radical (unpaired) electrons.